The van der Waals surface area contributed by atoms with Crippen LogP contribution in [0.15, 0.2) is 18.2 Å². The van der Waals surface area contributed by atoms with Crippen LogP contribution in [0.3, 0.4) is 0 Å². The van der Waals surface area contributed by atoms with E-state index in [2.05, 4.69) is 17.2 Å². The number of carbonyl (C=O) groups excluding carboxylic acids is 1. The van der Waals surface area contributed by atoms with Crippen LogP contribution in [0.2, 0.25) is 0 Å². The average Bonchev–Trinajstić information content (AvgIpc) is 2.93. The van der Waals surface area contributed by atoms with E-state index in [9.17, 15) is 9.18 Å². The van der Waals surface area contributed by atoms with E-state index in [0.29, 0.717) is 0 Å². The molecule has 0 aromatic heterocycles. The van der Waals surface area contributed by atoms with Crippen molar-refractivity contribution < 1.29 is 13.9 Å². The number of carbonyl (C=O) groups is 1. The first-order valence-corrected chi connectivity index (χ1v) is 6.98. The fourth-order valence-electron chi connectivity index (χ4n) is 2.53. The minimum Gasteiger partial charge on any atom is -0.379 e. The summed E-state index contributed by atoms with van der Waals surface area (Å²) in [4.78, 5) is 12.2. The normalized spacial score (nSPS) is 20.7. The number of hydrogen-bond acceptors (Lipinski definition) is 3. The van der Waals surface area contributed by atoms with Gasteiger partial charge in [-0.3, -0.25) is 4.79 Å². The van der Waals surface area contributed by atoms with Crippen molar-refractivity contribution in [2.45, 2.75) is 31.4 Å². The quantitative estimate of drug-likeness (QED) is 0.828. The molecule has 0 spiro atoms. The van der Waals surface area contributed by atoms with Crippen LogP contribution in [0.25, 0.3) is 0 Å². The minimum absolute atomic E-state index is 0.0118. The number of ether oxygens (including phenoxy) is 1. The van der Waals surface area contributed by atoms with E-state index in [-0.39, 0.29) is 35.7 Å². The monoisotopic (exact) mass is 290 g/mol. The SMILES string of the molecule is COC1CCCC1NC(=O)c1ccc(C#CCN)c(F)c1. The third-order valence-corrected chi connectivity index (χ3v) is 3.63. The third-order valence-electron chi connectivity index (χ3n) is 3.63. The van der Waals surface area contributed by atoms with E-state index in [1.807, 2.05) is 0 Å². The molecule has 1 fully saturated rings. The van der Waals surface area contributed by atoms with Crippen molar-refractivity contribution in [1.82, 2.24) is 5.32 Å². The van der Waals surface area contributed by atoms with Gasteiger partial charge < -0.3 is 15.8 Å². The zero-order valence-electron chi connectivity index (χ0n) is 12.0. The van der Waals surface area contributed by atoms with Crippen LogP contribution in [-0.4, -0.2) is 31.7 Å². The van der Waals surface area contributed by atoms with Gasteiger partial charge in [-0.05, 0) is 37.5 Å². The van der Waals surface area contributed by atoms with Gasteiger partial charge in [0.25, 0.3) is 5.91 Å². The van der Waals surface area contributed by atoms with Crippen molar-refractivity contribution in [3.05, 3.63) is 35.1 Å². The van der Waals surface area contributed by atoms with Crippen LogP contribution in [0.5, 0.6) is 0 Å². The first kappa shape index (κ1) is 15.5. The Kier molecular flexibility index (Phi) is 5.32. The maximum absolute atomic E-state index is 13.8. The number of nitrogens with one attached hydrogen (secondary N) is 1. The van der Waals surface area contributed by atoms with Crippen molar-refractivity contribution in [1.29, 1.82) is 0 Å². The molecular formula is C16H19FN2O2. The molecular weight excluding hydrogens is 271 g/mol. The molecule has 0 bridgehead atoms. The summed E-state index contributed by atoms with van der Waals surface area (Å²) in [7, 11) is 1.64. The predicted molar refractivity (Wildman–Crippen MR) is 78.2 cm³/mol. The second kappa shape index (κ2) is 7.21. The summed E-state index contributed by atoms with van der Waals surface area (Å²) in [5.41, 5.74) is 5.78. The number of benzene rings is 1. The number of nitrogens with two attached hydrogens (primary N) is 1. The molecule has 5 heteroatoms. The van der Waals surface area contributed by atoms with Crippen LogP contribution < -0.4 is 11.1 Å². The Morgan fingerprint density at radius 3 is 3.00 bits per heavy atom. The molecule has 4 nitrogen and oxygen atoms in total. The zero-order valence-corrected chi connectivity index (χ0v) is 12.0. The van der Waals surface area contributed by atoms with Crippen LogP contribution in [0.4, 0.5) is 4.39 Å². The topological polar surface area (TPSA) is 64.3 Å². The average molecular weight is 290 g/mol. The van der Waals surface area contributed by atoms with Crippen molar-refractivity contribution in [2.24, 2.45) is 5.73 Å². The van der Waals surface area contributed by atoms with Gasteiger partial charge in [0, 0.05) is 12.7 Å². The van der Waals surface area contributed by atoms with Gasteiger partial charge in [-0.15, -0.1) is 0 Å². The van der Waals surface area contributed by atoms with Crippen molar-refractivity contribution >= 4 is 5.91 Å². The van der Waals surface area contributed by atoms with E-state index in [1.165, 1.54) is 12.1 Å². The van der Waals surface area contributed by atoms with Gasteiger partial charge in [0.15, 0.2) is 0 Å². The Labute approximate surface area is 123 Å². The summed E-state index contributed by atoms with van der Waals surface area (Å²) in [6, 6.07) is 4.25. The molecule has 1 aromatic carbocycles. The highest BCUT2D eigenvalue weighted by atomic mass is 19.1. The Morgan fingerprint density at radius 1 is 1.52 bits per heavy atom. The second-order valence-electron chi connectivity index (χ2n) is 4.99. The van der Waals surface area contributed by atoms with E-state index in [0.717, 1.165) is 19.3 Å². The van der Waals surface area contributed by atoms with E-state index < -0.39 is 5.82 Å². The smallest absolute Gasteiger partial charge is 0.251 e. The Morgan fingerprint density at radius 2 is 2.33 bits per heavy atom. The summed E-state index contributed by atoms with van der Waals surface area (Å²) in [5, 5.41) is 2.90. The van der Waals surface area contributed by atoms with Gasteiger partial charge in [0.2, 0.25) is 0 Å². The fraction of sp³-hybridized carbons (Fsp3) is 0.438. The van der Waals surface area contributed by atoms with E-state index in [1.54, 1.807) is 13.2 Å². The van der Waals surface area contributed by atoms with Gasteiger partial charge in [-0.2, -0.15) is 0 Å². The summed E-state index contributed by atoms with van der Waals surface area (Å²) in [6.45, 7) is 0.168. The molecule has 21 heavy (non-hydrogen) atoms. The highest BCUT2D eigenvalue weighted by Crippen LogP contribution is 2.22. The van der Waals surface area contributed by atoms with Crippen molar-refractivity contribution in [3.63, 3.8) is 0 Å². The molecule has 112 valence electrons. The Balaban J connectivity index is 2.07. The Bertz CT molecular complexity index is 577. The highest BCUT2D eigenvalue weighted by Gasteiger charge is 2.28. The molecule has 2 unspecified atom stereocenters. The lowest BCUT2D eigenvalue weighted by molar-refractivity contribution is 0.0722. The summed E-state index contributed by atoms with van der Waals surface area (Å²) < 4.78 is 19.2. The van der Waals surface area contributed by atoms with Crippen LogP contribution in [0, 0.1) is 17.7 Å². The van der Waals surface area contributed by atoms with Crippen molar-refractivity contribution in [3.8, 4) is 11.8 Å². The summed E-state index contributed by atoms with van der Waals surface area (Å²) >= 11 is 0. The summed E-state index contributed by atoms with van der Waals surface area (Å²) in [6.07, 6.45) is 2.87. The number of amides is 1. The highest BCUT2D eigenvalue weighted by molar-refractivity contribution is 5.94. The number of rotatable bonds is 3. The maximum Gasteiger partial charge on any atom is 0.251 e. The lowest BCUT2D eigenvalue weighted by atomic mass is 10.1. The maximum atomic E-state index is 13.8. The second-order valence-corrected chi connectivity index (χ2v) is 4.99. The number of hydrogen-bond donors (Lipinski definition) is 2. The van der Waals surface area contributed by atoms with E-state index in [4.69, 9.17) is 10.5 Å². The molecule has 3 N–H and O–H groups in total. The molecule has 1 aliphatic carbocycles. The molecule has 0 radical (unpaired) electrons. The lowest BCUT2D eigenvalue weighted by Crippen LogP contribution is -2.40. The number of methoxy groups -OCH3 is 1. The third kappa shape index (κ3) is 3.81. The minimum atomic E-state index is -0.515. The predicted octanol–water partition coefficient (Wildman–Crippen LogP) is 1.43. The van der Waals surface area contributed by atoms with Crippen molar-refractivity contribution in [2.75, 3.05) is 13.7 Å². The first-order chi connectivity index (χ1) is 10.2. The Hall–Kier alpha value is -1.90. The van der Waals surface area contributed by atoms with Crippen LogP contribution in [-0.2, 0) is 4.74 Å². The van der Waals surface area contributed by atoms with Gasteiger partial charge in [0.05, 0.1) is 24.3 Å². The molecule has 0 aliphatic heterocycles. The van der Waals surface area contributed by atoms with Gasteiger partial charge in [-0.25, -0.2) is 4.39 Å². The molecule has 1 amide bonds. The van der Waals surface area contributed by atoms with Gasteiger partial charge in [-0.1, -0.05) is 11.8 Å². The standard InChI is InChI=1S/C16H19FN2O2/c1-21-15-6-2-5-14(15)19-16(20)12-8-7-11(4-3-9-18)13(17)10-12/h7-8,10,14-15H,2,5-6,9,18H2,1H3,(H,19,20). The summed E-state index contributed by atoms with van der Waals surface area (Å²) in [5.74, 6) is 4.41. The molecule has 1 aromatic rings. The lowest BCUT2D eigenvalue weighted by Gasteiger charge is -2.19. The number of halogens is 1. The van der Waals surface area contributed by atoms with Crippen LogP contribution >= 0.6 is 0 Å². The van der Waals surface area contributed by atoms with Gasteiger partial charge in [0.1, 0.15) is 5.82 Å². The molecule has 2 atom stereocenters. The van der Waals surface area contributed by atoms with E-state index >= 15 is 0 Å². The molecule has 1 saturated carbocycles. The van der Waals surface area contributed by atoms with Gasteiger partial charge >= 0.3 is 0 Å². The molecule has 2 rings (SSSR count). The van der Waals surface area contributed by atoms with Crippen LogP contribution in [0.1, 0.15) is 35.2 Å². The molecule has 0 saturated heterocycles. The largest absolute Gasteiger partial charge is 0.379 e. The molecule has 0 heterocycles. The molecule has 1 aliphatic rings. The first-order valence-electron chi connectivity index (χ1n) is 6.98. The fourth-order valence-corrected chi connectivity index (χ4v) is 2.53. The zero-order chi connectivity index (χ0) is 15.2.